The first kappa shape index (κ1) is 21.1. The van der Waals surface area contributed by atoms with Gasteiger partial charge in [-0.05, 0) is 92.5 Å². The lowest BCUT2D eigenvalue weighted by molar-refractivity contribution is -0.207. The fraction of sp³-hybridized carbons (Fsp3) is 0.407. The number of aromatic nitrogens is 2. The number of fused-ring (bicyclic) bond motifs is 3. The Morgan fingerprint density at radius 1 is 1.03 bits per heavy atom. The third kappa shape index (κ3) is 3.23. The molecule has 2 aromatic heterocycles. The summed E-state index contributed by atoms with van der Waals surface area (Å²) in [6.45, 7) is 3.97. The predicted molar refractivity (Wildman–Crippen MR) is 123 cm³/mol. The van der Waals surface area contributed by atoms with Crippen LogP contribution in [0.15, 0.2) is 67.1 Å². The summed E-state index contributed by atoms with van der Waals surface area (Å²) in [6.07, 6.45) is 8.91. The highest BCUT2D eigenvalue weighted by molar-refractivity contribution is 5.46. The first-order valence-corrected chi connectivity index (χ1v) is 11.5. The molecule has 4 atom stereocenters. The molecule has 2 heterocycles. The van der Waals surface area contributed by atoms with Crippen molar-refractivity contribution < 1.29 is 14.9 Å². The molecule has 0 spiro atoms. The fourth-order valence-corrected chi connectivity index (χ4v) is 6.16. The molecule has 2 aliphatic carbocycles. The highest BCUT2D eigenvalue weighted by Gasteiger charge is 2.61. The van der Waals surface area contributed by atoms with E-state index in [-0.39, 0.29) is 11.3 Å². The molecule has 5 nitrogen and oxygen atoms in total. The Balaban J connectivity index is 1.51. The number of hydrogen-bond acceptors (Lipinski definition) is 5. The molecule has 0 radical (unpaired) electrons. The Hall–Kier alpha value is -2.76. The normalized spacial score (nSPS) is 31.4. The zero-order valence-corrected chi connectivity index (χ0v) is 18.7. The van der Waals surface area contributed by atoms with Crippen LogP contribution in [0.25, 0.3) is 0 Å². The Morgan fingerprint density at radius 3 is 2.56 bits per heavy atom. The molecule has 0 bridgehead atoms. The van der Waals surface area contributed by atoms with Crippen molar-refractivity contribution in [2.45, 2.75) is 62.6 Å². The second-order valence-electron chi connectivity index (χ2n) is 9.58. The van der Waals surface area contributed by atoms with E-state index < -0.39 is 11.2 Å². The molecule has 5 heteroatoms. The number of aliphatic hydroxyl groups is 2. The van der Waals surface area contributed by atoms with E-state index in [9.17, 15) is 10.2 Å². The van der Waals surface area contributed by atoms with Crippen LogP contribution >= 0.6 is 0 Å². The van der Waals surface area contributed by atoms with Gasteiger partial charge in [0.1, 0.15) is 17.1 Å². The van der Waals surface area contributed by atoms with Gasteiger partial charge >= 0.3 is 0 Å². The summed E-state index contributed by atoms with van der Waals surface area (Å²) in [5.41, 5.74) is 0.263. The van der Waals surface area contributed by atoms with Crippen LogP contribution in [-0.2, 0) is 17.4 Å². The van der Waals surface area contributed by atoms with Crippen LogP contribution in [0.1, 0.15) is 56.4 Å². The molecule has 0 unspecified atom stereocenters. The standard InChI is InChI=1S/C27H30N2O3/c1-3-26-18-25(2,30)27(31,24-6-4-5-13-29-24)17-20(26)8-7-19-16-22(9-10-23(19)26)32-21-11-14-28-15-12-21/h4-6,9-16,20,30-31H,3,7-8,17-18H2,1-2H3/t20-,25-,26-,27-/m1/s1. The van der Waals surface area contributed by atoms with E-state index in [1.807, 2.05) is 36.4 Å². The Kier molecular flexibility index (Phi) is 5.06. The quantitative estimate of drug-likeness (QED) is 0.615. The Bertz CT molecular complexity index is 1100. The van der Waals surface area contributed by atoms with Gasteiger partial charge in [-0.2, -0.15) is 0 Å². The lowest BCUT2D eigenvalue weighted by atomic mass is 9.49. The number of pyridine rings is 2. The molecule has 2 N–H and O–H groups in total. The molecule has 5 rings (SSSR count). The van der Waals surface area contributed by atoms with Crippen molar-refractivity contribution in [3.8, 4) is 11.5 Å². The maximum Gasteiger partial charge on any atom is 0.135 e. The number of benzene rings is 1. The molecule has 2 aliphatic rings. The van der Waals surface area contributed by atoms with Crippen molar-refractivity contribution in [3.05, 3.63) is 83.9 Å². The molecule has 166 valence electrons. The Labute approximate surface area is 189 Å². The fourth-order valence-electron chi connectivity index (χ4n) is 6.16. The maximum atomic E-state index is 11.7. The molecule has 0 saturated heterocycles. The van der Waals surface area contributed by atoms with E-state index in [0.29, 0.717) is 18.5 Å². The molecular weight excluding hydrogens is 400 g/mol. The number of rotatable bonds is 4. The number of ether oxygens (including phenoxy) is 1. The molecule has 3 aromatic rings. The average Bonchev–Trinajstić information content (AvgIpc) is 2.81. The van der Waals surface area contributed by atoms with Crippen LogP contribution in [-0.4, -0.2) is 25.8 Å². The van der Waals surface area contributed by atoms with Crippen LogP contribution in [0, 0.1) is 5.92 Å². The molecule has 0 amide bonds. The second kappa shape index (κ2) is 7.68. The van der Waals surface area contributed by atoms with Gasteiger partial charge in [0.05, 0.1) is 11.3 Å². The van der Waals surface area contributed by atoms with Crippen molar-refractivity contribution in [1.29, 1.82) is 0 Å². The van der Waals surface area contributed by atoms with Gasteiger partial charge in [0.2, 0.25) is 0 Å². The van der Waals surface area contributed by atoms with E-state index in [1.54, 1.807) is 25.5 Å². The lowest BCUT2D eigenvalue weighted by Gasteiger charge is -2.58. The van der Waals surface area contributed by atoms with Gasteiger partial charge in [-0.1, -0.05) is 19.1 Å². The van der Waals surface area contributed by atoms with Crippen LogP contribution in [0.4, 0.5) is 0 Å². The van der Waals surface area contributed by atoms with Crippen molar-refractivity contribution in [3.63, 3.8) is 0 Å². The summed E-state index contributed by atoms with van der Waals surface area (Å²) in [6, 6.07) is 15.6. The minimum Gasteiger partial charge on any atom is -0.457 e. The average molecular weight is 431 g/mol. The number of aryl methyl sites for hydroxylation is 1. The molecule has 1 saturated carbocycles. The highest BCUT2D eigenvalue weighted by atomic mass is 16.5. The van der Waals surface area contributed by atoms with E-state index in [0.717, 1.165) is 30.8 Å². The van der Waals surface area contributed by atoms with Crippen molar-refractivity contribution in [1.82, 2.24) is 9.97 Å². The van der Waals surface area contributed by atoms with Gasteiger partial charge in [0, 0.05) is 24.0 Å². The lowest BCUT2D eigenvalue weighted by Crippen LogP contribution is -2.62. The van der Waals surface area contributed by atoms with Crippen molar-refractivity contribution in [2.75, 3.05) is 0 Å². The van der Waals surface area contributed by atoms with Crippen LogP contribution < -0.4 is 4.74 Å². The van der Waals surface area contributed by atoms with Gasteiger partial charge in [-0.25, -0.2) is 0 Å². The summed E-state index contributed by atoms with van der Waals surface area (Å²) in [5.74, 6) is 1.84. The van der Waals surface area contributed by atoms with E-state index in [2.05, 4.69) is 29.0 Å². The largest absolute Gasteiger partial charge is 0.457 e. The smallest absolute Gasteiger partial charge is 0.135 e. The van der Waals surface area contributed by atoms with Crippen LogP contribution in [0.3, 0.4) is 0 Å². The van der Waals surface area contributed by atoms with Crippen LogP contribution in [0.2, 0.25) is 0 Å². The number of hydrogen-bond donors (Lipinski definition) is 2. The monoisotopic (exact) mass is 430 g/mol. The number of nitrogens with zero attached hydrogens (tertiary/aromatic N) is 2. The second-order valence-corrected chi connectivity index (χ2v) is 9.58. The third-order valence-electron chi connectivity index (χ3n) is 7.85. The topological polar surface area (TPSA) is 75.5 Å². The van der Waals surface area contributed by atoms with Crippen molar-refractivity contribution >= 4 is 0 Å². The Morgan fingerprint density at radius 2 is 1.84 bits per heavy atom. The maximum absolute atomic E-state index is 11.7. The minimum atomic E-state index is -1.36. The van der Waals surface area contributed by atoms with Crippen LogP contribution in [0.5, 0.6) is 11.5 Å². The first-order valence-electron chi connectivity index (χ1n) is 11.5. The zero-order chi connectivity index (χ0) is 22.4. The predicted octanol–water partition coefficient (Wildman–Crippen LogP) is 4.91. The first-order chi connectivity index (χ1) is 15.4. The molecule has 1 fully saturated rings. The van der Waals surface area contributed by atoms with E-state index in [1.165, 1.54) is 11.1 Å². The summed E-state index contributed by atoms with van der Waals surface area (Å²) < 4.78 is 6.04. The third-order valence-corrected chi connectivity index (χ3v) is 7.85. The summed E-state index contributed by atoms with van der Waals surface area (Å²) in [5, 5.41) is 23.4. The summed E-state index contributed by atoms with van der Waals surface area (Å²) in [7, 11) is 0. The van der Waals surface area contributed by atoms with E-state index >= 15 is 0 Å². The summed E-state index contributed by atoms with van der Waals surface area (Å²) >= 11 is 0. The SMILES string of the molecule is CC[C@@]12C[C@@](C)(O)[C@](O)(c3ccccn3)C[C@H]1CCc1cc(Oc3ccncc3)ccc12. The summed E-state index contributed by atoms with van der Waals surface area (Å²) in [4.78, 5) is 8.46. The molecule has 1 aromatic carbocycles. The zero-order valence-electron chi connectivity index (χ0n) is 18.7. The van der Waals surface area contributed by atoms with Gasteiger partial charge < -0.3 is 14.9 Å². The highest BCUT2D eigenvalue weighted by Crippen LogP contribution is 2.59. The molecular formula is C27H30N2O3. The van der Waals surface area contributed by atoms with Gasteiger partial charge in [0.25, 0.3) is 0 Å². The van der Waals surface area contributed by atoms with Gasteiger partial charge in [0.15, 0.2) is 0 Å². The van der Waals surface area contributed by atoms with Gasteiger partial charge in [-0.3, -0.25) is 9.97 Å². The van der Waals surface area contributed by atoms with Gasteiger partial charge in [-0.15, -0.1) is 0 Å². The molecule has 32 heavy (non-hydrogen) atoms. The van der Waals surface area contributed by atoms with E-state index in [4.69, 9.17) is 4.74 Å². The minimum absolute atomic E-state index is 0.187. The molecule has 0 aliphatic heterocycles. The van der Waals surface area contributed by atoms with Crippen molar-refractivity contribution in [2.24, 2.45) is 5.92 Å².